The quantitative estimate of drug-likeness (QED) is 0.476. The average Bonchev–Trinajstić information content (AvgIpc) is 3.02. The number of hydrogen-bond acceptors (Lipinski definition) is 5. The van der Waals surface area contributed by atoms with Crippen LogP contribution in [-0.4, -0.2) is 34.0 Å². The molecule has 1 aromatic heterocycles. The number of carbonyl (C=O) groups excluding carboxylic acids is 2. The molecule has 2 aromatic rings. The van der Waals surface area contributed by atoms with Crippen LogP contribution < -0.4 is 4.90 Å². The summed E-state index contributed by atoms with van der Waals surface area (Å²) in [4.78, 5) is 36.9. The smallest absolute Gasteiger partial charge is 0.355 e. The predicted molar refractivity (Wildman–Crippen MR) is 94.1 cm³/mol. The van der Waals surface area contributed by atoms with Gasteiger partial charge < -0.3 is 14.2 Å². The summed E-state index contributed by atoms with van der Waals surface area (Å²) < 4.78 is 6.58. The molecule has 1 aliphatic heterocycles. The maximum absolute atomic E-state index is 12.8. The molecule has 0 spiro atoms. The van der Waals surface area contributed by atoms with E-state index in [1.807, 2.05) is 24.3 Å². The number of esters is 1. The molecule has 1 amide bonds. The van der Waals surface area contributed by atoms with Crippen LogP contribution in [0.25, 0.3) is 0 Å². The zero-order valence-electron chi connectivity index (χ0n) is 14.5. The van der Waals surface area contributed by atoms with Gasteiger partial charge in [0.25, 0.3) is 11.6 Å². The van der Waals surface area contributed by atoms with E-state index in [1.165, 1.54) is 24.7 Å². The lowest BCUT2D eigenvalue weighted by Crippen LogP contribution is -2.42. The van der Waals surface area contributed by atoms with Crippen LogP contribution in [0.2, 0.25) is 0 Å². The molecule has 2 heterocycles. The van der Waals surface area contributed by atoms with Crippen molar-refractivity contribution in [2.75, 3.05) is 11.4 Å². The van der Waals surface area contributed by atoms with Crippen LogP contribution >= 0.6 is 0 Å². The van der Waals surface area contributed by atoms with Gasteiger partial charge >= 0.3 is 5.97 Å². The summed E-state index contributed by atoms with van der Waals surface area (Å²) in [6.07, 6.45) is 1.97. The molecule has 1 unspecified atom stereocenters. The standard InChI is InChI=1S/C18H19N3O5/c1-12(26-18(23)16-10-14(21(24)25)11-19(16)2)17(22)20-9-5-7-13-6-3-4-8-15(13)20/h3-4,6,8,10-12H,5,7,9H2,1-2H3. The largest absolute Gasteiger partial charge is 0.448 e. The Balaban J connectivity index is 1.74. The van der Waals surface area contributed by atoms with Crippen molar-refractivity contribution in [3.05, 3.63) is 57.9 Å². The van der Waals surface area contributed by atoms with Crippen molar-refractivity contribution < 1.29 is 19.2 Å². The topological polar surface area (TPSA) is 94.7 Å². The van der Waals surface area contributed by atoms with E-state index in [0.717, 1.165) is 30.2 Å². The second-order valence-electron chi connectivity index (χ2n) is 6.22. The molecule has 0 bridgehead atoms. The van der Waals surface area contributed by atoms with Gasteiger partial charge in [0.1, 0.15) is 5.69 Å². The van der Waals surface area contributed by atoms with E-state index in [0.29, 0.717) is 6.54 Å². The fourth-order valence-electron chi connectivity index (χ4n) is 3.10. The molecular weight excluding hydrogens is 338 g/mol. The van der Waals surface area contributed by atoms with E-state index in [1.54, 1.807) is 4.90 Å². The van der Waals surface area contributed by atoms with Crippen molar-refractivity contribution in [3.63, 3.8) is 0 Å². The van der Waals surface area contributed by atoms with E-state index >= 15 is 0 Å². The van der Waals surface area contributed by atoms with Crippen molar-refractivity contribution >= 4 is 23.3 Å². The van der Waals surface area contributed by atoms with Gasteiger partial charge in [-0.3, -0.25) is 14.9 Å². The lowest BCUT2D eigenvalue weighted by molar-refractivity contribution is -0.384. The number of nitrogens with zero attached hydrogens (tertiary/aromatic N) is 3. The zero-order chi connectivity index (χ0) is 18.8. The Hall–Kier alpha value is -3.16. The number of anilines is 1. The number of aromatic nitrogens is 1. The molecule has 1 aliphatic rings. The Bertz CT molecular complexity index is 873. The third kappa shape index (κ3) is 3.30. The fourth-order valence-corrected chi connectivity index (χ4v) is 3.10. The predicted octanol–water partition coefficient (Wildman–Crippen LogP) is 2.46. The van der Waals surface area contributed by atoms with Gasteiger partial charge in [0.15, 0.2) is 6.10 Å². The van der Waals surface area contributed by atoms with E-state index in [-0.39, 0.29) is 17.3 Å². The summed E-state index contributed by atoms with van der Waals surface area (Å²) in [7, 11) is 1.51. The first-order chi connectivity index (χ1) is 12.4. The van der Waals surface area contributed by atoms with Gasteiger partial charge in [-0.1, -0.05) is 18.2 Å². The lowest BCUT2D eigenvalue weighted by atomic mass is 10.0. The van der Waals surface area contributed by atoms with Gasteiger partial charge in [-0.25, -0.2) is 4.79 Å². The van der Waals surface area contributed by atoms with Crippen molar-refractivity contribution in [3.8, 4) is 0 Å². The zero-order valence-corrected chi connectivity index (χ0v) is 14.5. The molecule has 0 saturated carbocycles. The summed E-state index contributed by atoms with van der Waals surface area (Å²) >= 11 is 0. The van der Waals surface area contributed by atoms with Crippen molar-refractivity contribution in [1.29, 1.82) is 0 Å². The Morgan fingerprint density at radius 1 is 1.31 bits per heavy atom. The number of aryl methyl sites for hydroxylation is 2. The SMILES string of the molecule is CC(OC(=O)c1cc([N+](=O)[O-])cn1C)C(=O)N1CCCc2ccccc21. The van der Waals surface area contributed by atoms with Crippen LogP contribution in [-0.2, 0) is 23.0 Å². The van der Waals surface area contributed by atoms with Gasteiger partial charge in [-0.15, -0.1) is 0 Å². The van der Waals surface area contributed by atoms with Crippen LogP contribution in [0.3, 0.4) is 0 Å². The summed E-state index contributed by atoms with van der Waals surface area (Å²) in [5.74, 6) is -1.08. The molecule has 8 heteroatoms. The van der Waals surface area contributed by atoms with E-state index < -0.39 is 17.0 Å². The molecule has 8 nitrogen and oxygen atoms in total. The minimum atomic E-state index is -0.998. The first-order valence-corrected chi connectivity index (χ1v) is 8.29. The minimum absolute atomic E-state index is 0.0235. The third-order valence-corrected chi connectivity index (χ3v) is 4.42. The summed E-state index contributed by atoms with van der Waals surface area (Å²) in [5, 5.41) is 10.8. The molecule has 0 radical (unpaired) electrons. The number of benzene rings is 1. The highest BCUT2D eigenvalue weighted by Gasteiger charge is 2.29. The van der Waals surface area contributed by atoms with E-state index in [9.17, 15) is 19.7 Å². The third-order valence-electron chi connectivity index (χ3n) is 4.42. The summed E-state index contributed by atoms with van der Waals surface area (Å²) in [6, 6.07) is 8.79. The van der Waals surface area contributed by atoms with Crippen LogP contribution in [0, 0.1) is 10.1 Å². The Labute approximate surface area is 150 Å². The summed E-state index contributed by atoms with van der Waals surface area (Å²) in [5.41, 5.74) is 1.74. The van der Waals surface area contributed by atoms with Crippen molar-refractivity contribution in [2.45, 2.75) is 25.9 Å². The molecular formula is C18H19N3O5. The molecule has 3 rings (SSSR count). The number of nitro groups is 1. The number of rotatable bonds is 4. The number of ether oxygens (including phenoxy) is 1. The lowest BCUT2D eigenvalue weighted by Gasteiger charge is -2.31. The van der Waals surface area contributed by atoms with Crippen LogP contribution in [0.1, 0.15) is 29.4 Å². The number of hydrogen-bond donors (Lipinski definition) is 0. The van der Waals surface area contributed by atoms with E-state index in [2.05, 4.69) is 0 Å². The molecule has 1 aromatic carbocycles. The summed E-state index contributed by atoms with van der Waals surface area (Å²) in [6.45, 7) is 2.07. The van der Waals surface area contributed by atoms with Gasteiger partial charge in [0, 0.05) is 25.3 Å². The Kier molecular flexibility index (Phi) is 4.75. The molecule has 26 heavy (non-hydrogen) atoms. The molecule has 0 saturated heterocycles. The first kappa shape index (κ1) is 17.7. The van der Waals surface area contributed by atoms with Crippen LogP contribution in [0.5, 0.6) is 0 Å². The van der Waals surface area contributed by atoms with Gasteiger partial charge in [-0.05, 0) is 31.4 Å². The fraction of sp³-hybridized carbons (Fsp3) is 0.333. The maximum atomic E-state index is 12.8. The van der Waals surface area contributed by atoms with E-state index in [4.69, 9.17) is 4.74 Å². The Morgan fingerprint density at radius 2 is 2.04 bits per heavy atom. The van der Waals surface area contributed by atoms with Crippen molar-refractivity contribution in [1.82, 2.24) is 4.57 Å². The van der Waals surface area contributed by atoms with Gasteiger partial charge in [0.05, 0.1) is 11.1 Å². The number of para-hydroxylation sites is 1. The second-order valence-corrected chi connectivity index (χ2v) is 6.22. The molecule has 0 fully saturated rings. The molecule has 136 valence electrons. The molecule has 1 atom stereocenters. The highest BCUT2D eigenvalue weighted by atomic mass is 16.6. The molecule has 0 N–H and O–H groups in total. The second kappa shape index (κ2) is 6.99. The highest BCUT2D eigenvalue weighted by molar-refractivity contribution is 5.99. The van der Waals surface area contributed by atoms with Gasteiger partial charge in [0.2, 0.25) is 0 Å². The highest BCUT2D eigenvalue weighted by Crippen LogP contribution is 2.27. The first-order valence-electron chi connectivity index (χ1n) is 8.29. The molecule has 0 aliphatic carbocycles. The number of amides is 1. The average molecular weight is 357 g/mol. The Morgan fingerprint density at radius 3 is 2.73 bits per heavy atom. The number of carbonyl (C=O) groups is 2. The van der Waals surface area contributed by atoms with Gasteiger partial charge in [-0.2, -0.15) is 0 Å². The minimum Gasteiger partial charge on any atom is -0.448 e. The van der Waals surface area contributed by atoms with Crippen LogP contribution in [0.15, 0.2) is 36.5 Å². The normalized spacial score (nSPS) is 14.5. The number of fused-ring (bicyclic) bond motifs is 1. The van der Waals surface area contributed by atoms with Crippen LogP contribution in [0.4, 0.5) is 11.4 Å². The maximum Gasteiger partial charge on any atom is 0.355 e. The van der Waals surface area contributed by atoms with Crippen molar-refractivity contribution in [2.24, 2.45) is 7.05 Å². The monoisotopic (exact) mass is 357 g/mol.